The van der Waals surface area contributed by atoms with Crippen LogP contribution in [-0.4, -0.2) is 23.3 Å². The molecule has 6 heteroatoms. The molecule has 1 aliphatic heterocycles. The molecule has 3 aromatic rings. The Balaban J connectivity index is 1.70. The number of imide groups is 1. The lowest BCUT2D eigenvalue weighted by Crippen LogP contribution is -2.34. The van der Waals surface area contributed by atoms with Gasteiger partial charge in [0.05, 0.1) is 5.57 Å². The highest BCUT2D eigenvalue weighted by Gasteiger charge is 2.39. The SMILES string of the molecule is Cc1ccc(Cl)cc1NC1=C(c2ccc(Cl)cc2)C(=O)N(CCc2ccccc2)C1=O. The summed E-state index contributed by atoms with van der Waals surface area (Å²) in [7, 11) is 0. The van der Waals surface area contributed by atoms with Crippen LogP contribution in [0.1, 0.15) is 16.7 Å². The Morgan fingerprint density at radius 2 is 1.52 bits per heavy atom. The van der Waals surface area contributed by atoms with E-state index in [4.69, 9.17) is 23.2 Å². The summed E-state index contributed by atoms with van der Waals surface area (Å²) < 4.78 is 0. The van der Waals surface area contributed by atoms with Crippen LogP contribution in [0, 0.1) is 6.92 Å². The number of nitrogens with one attached hydrogen (secondary N) is 1. The maximum Gasteiger partial charge on any atom is 0.278 e. The highest BCUT2D eigenvalue weighted by molar-refractivity contribution is 6.37. The van der Waals surface area contributed by atoms with E-state index in [1.807, 2.05) is 43.3 Å². The molecule has 0 radical (unpaired) electrons. The van der Waals surface area contributed by atoms with E-state index in [1.54, 1.807) is 36.4 Å². The number of carbonyl (C=O) groups excluding carboxylic acids is 2. The van der Waals surface area contributed by atoms with Crippen molar-refractivity contribution in [3.05, 3.63) is 105 Å². The third kappa shape index (κ3) is 4.50. The molecule has 0 saturated heterocycles. The van der Waals surface area contributed by atoms with Gasteiger partial charge in [-0.25, -0.2) is 0 Å². The second-order valence-electron chi connectivity index (χ2n) is 7.34. The molecule has 0 fully saturated rings. The highest BCUT2D eigenvalue weighted by atomic mass is 35.5. The largest absolute Gasteiger partial charge is 0.350 e. The Morgan fingerprint density at radius 3 is 2.23 bits per heavy atom. The molecule has 0 bridgehead atoms. The Labute approximate surface area is 191 Å². The summed E-state index contributed by atoms with van der Waals surface area (Å²) in [4.78, 5) is 27.9. The molecule has 0 atom stereocenters. The van der Waals surface area contributed by atoms with Gasteiger partial charge in [-0.3, -0.25) is 14.5 Å². The van der Waals surface area contributed by atoms with Crippen LogP contribution in [0.3, 0.4) is 0 Å². The van der Waals surface area contributed by atoms with Crippen molar-refractivity contribution in [1.82, 2.24) is 4.90 Å². The quantitative estimate of drug-likeness (QED) is 0.487. The number of hydrogen-bond acceptors (Lipinski definition) is 3. The van der Waals surface area contributed by atoms with Crippen LogP contribution >= 0.6 is 23.2 Å². The van der Waals surface area contributed by atoms with E-state index in [0.717, 1.165) is 11.1 Å². The van der Waals surface area contributed by atoms with Gasteiger partial charge in [0.1, 0.15) is 5.70 Å². The predicted molar refractivity (Wildman–Crippen MR) is 125 cm³/mol. The third-order valence-electron chi connectivity index (χ3n) is 5.23. The van der Waals surface area contributed by atoms with Gasteiger partial charge in [0.2, 0.25) is 0 Å². The molecule has 0 unspecified atom stereocenters. The summed E-state index contributed by atoms with van der Waals surface area (Å²) in [6.07, 6.45) is 0.579. The highest BCUT2D eigenvalue weighted by Crippen LogP contribution is 2.32. The fraction of sp³-hybridized carbons (Fsp3) is 0.120. The number of halogens is 2. The summed E-state index contributed by atoms with van der Waals surface area (Å²) in [6.45, 7) is 2.20. The number of benzene rings is 3. The van der Waals surface area contributed by atoms with Crippen molar-refractivity contribution in [3.63, 3.8) is 0 Å². The molecule has 4 nitrogen and oxygen atoms in total. The number of nitrogens with zero attached hydrogens (tertiary/aromatic N) is 1. The van der Waals surface area contributed by atoms with Crippen LogP contribution in [0.5, 0.6) is 0 Å². The van der Waals surface area contributed by atoms with Gasteiger partial charge in [-0.1, -0.05) is 71.7 Å². The number of anilines is 1. The summed E-state index contributed by atoms with van der Waals surface area (Å²) in [5, 5.41) is 4.27. The number of hydrogen-bond donors (Lipinski definition) is 1. The van der Waals surface area contributed by atoms with Gasteiger partial charge in [-0.15, -0.1) is 0 Å². The first kappa shape index (κ1) is 21.2. The van der Waals surface area contributed by atoms with E-state index >= 15 is 0 Å². The van der Waals surface area contributed by atoms with E-state index in [2.05, 4.69) is 5.32 Å². The zero-order chi connectivity index (χ0) is 22.0. The Hall–Kier alpha value is -3.08. The van der Waals surface area contributed by atoms with Crippen molar-refractivity contribution < 1.29 is 9.59 Å². The molecule has 1 heterocycles. The van der Waals surface area contributed by atoms with Crippen molar-refractivity contribution in [3.8, 4) is 0 Å². The lowest BCUT2D eigenvalue weighted by atomic mass is 10.0. The monoisotopic (exact) mass is 450 g/mol. The van der Waals surface area contributed by atoms with E-state index in [1.165, 1.54) is 4.90 Å². The molecule has 1 aliphatic rings. The lowest BCUT2D eigenvalue weighted by molar-refractivity contribution is -0.136. The first-order valence-corrected chi connectivity index (χ1v) is 10.6. The number of rotatable bonds is 6. The Bertz CT molecular complexity index is 1170. The normalized spacial score (nSPS) is 13.8. The molecule has 0 aliphatic carbocycles. The van der Waals surface area contributed by atoms with Gasteiger partial charge in [0.15, 0.2) is 0 Å². The van der Waals surface area contributed by atoms with E-state index in [0.29, 0.717) is 39.8 Å². The molecule has 31 heavy (non-hydrogen) atoms. The fourth-order valence-corrected chi connectivity index (χ4v) is 3.83. The molecule has 4 rings (SSSR count). The molecular weight excluding hydrogens is 431 g/mol. The average molecular weight is 451 g/mol. The van der Waals surface area contributed by atoms with Crippen molar-refractivity contribution >= 4 is 46.3 Å². The van der Waals surface area contributed by atoms with Crippen LogP contribution in [0.4, 0.5) is 5.69 Å². The summed E-state index contributed by atoms with van der Waals surface area (Å²) in [5.74, 6) is -0.685. The second kappa shape index (κ2) is 8.96. The number of amides is 2. The van der Waals surface area contributed by atoms with Gasteiger partial charge < -0.3 is 5.32 Å². The van der Waals surface area contributed by atoms with E-state index in [-0.39, 0.29) is 17.5 Å². The second-order valence-corrected chi connectivity index (χ2v) is 8.21. The minimum absolute atomic E-state index is 0.241. The minimum atomic E-state index is -0.356. The molecule has 1 N–H and O–H groups in total. The average Bonchev–Trinajstić information content (AvgIpc) is 3.00. The van der Waals surface area contributed by atoms with Crippen molar-refractivity contribution in [2.45, 2.75) is 13.3 Å². The first-order valence-electron chi connectivity index (χ1n) is 9.87. The van der Waals surface area contributed by atoms with Crippen molar-refractivity contribution in [2.75, 3.05) is 11.9 Å². The molecular formula is C25H20Cl2N2O2. The summed E-state index contributed by atoms with van der Waals surface area (Å²) >= 11 is 12.2. The van der Waals surface area contributed by atoms with Crippen LogP contribution in [0.2, 0.25) is 10.0 Å². The zero-order valence-electron chi connectivity index (χ0n) is 16.9. The molecule has 156 valence electrons. The minimum Gasteiger partial charge on any atom is -0.350 e. The standard InChI is InChI=1S/C25H20Cl2N2O2/c1-16-7-10-20(27)15-21(16)28-23-22(18-8-11-19(26)12-9-18)24(30)29(25(23)31)14-13-17-5-3-2-4-6-17/h2-12,15,28H,13-14H2,1H3. The van der Waals surface area contributed by atoms with Gasteiger partial charge in [-0.2, -0.15) is 0 Å². The topological polar surface area (TPSA) is 49.4 Å². The Kier molecular flexibility index (Phi) is 6.12. The maximum atomic E-state index is 13.3. The van der Waals surface area contributed by atoms with E-state index in [9.17, 15) is 9.59 Å². The third-order valence-corrected chi connectivity index (χ3v) is 5.71. The van der Waals surface area contributed by atoms with Crippen LogP contribution in [-0.2, 0) is 16.0 Å². The van der Waals surface area contributed by atoms with Crippen molar-refractivity contribution in [2.24, 2.45) is 0 Å². The fourth-order valence-electron chi connectivity index (χ4n) is 3.53. The van der Waals surface area contributed by atoms with E-state index < -0.39 is 0 Å². The Morgan fingerprint density at radius 1 is 0.839 bits per heavy atom. The smallest absolute Gasteiger partial charge is 0.278 e. The van der Waals surface area contributed by atoms with Crippen LogP contribution in [0.15, 0.2) is 78.5 Å². The summed E-state index contributed by atoms with van der Waals surface area (Å²) in [6, 6.07) is 22.1. The molecule has 0 saturated carbocycles. The van der Waals surface area contributed by atoms with Gasteiger partial charge in [0.25, 0.3) is 11.8 Å². The maximum absolute atomic E-state index is 13.3. The zero-order valence-corrected chi connectivity index (χ0v) is 18.4. The van der Waals surface area contributed by atoms with Gasteiger partial charge in [-0.05, 0) is 54.3 Å². The number of aryl methyl sites for hydroxylation is 1. The predicted octanol–water partition coefficient (Wildman–Crippen LogP) is 5.74. The van der Waals surface area contributed by atoms with Gasteiger partial charge in [0, 0.05) is 22.3 Å². The molecule has 0 aromatic heterocycles. The number of carbonyl (C=O) groups is 2. The molecule has 2 amide bonds. The van der Waals surface area contributed by atoms with Crippen LogP contribution in [0.25, 0.3) is 5.57 Å². The van der Waals surface area contributed by atoms with Crippen molar-refractivity contribution in [1.29, 1.82) is 0 Å². The van der Waals surface area contributed by atoms with Gasteiger partial charge >= 0.3 is 0 Å². The molecule has 0 spiro atoms. The summed E-state index contributed by atoms with van der Waals surface area (Å²) in [5.41, 5.74) is 3.85. The van der Waals surface area contributed by atoms with Crippen LogP contribution < -0.4 is 5.32 Å². The first-order chi connectivity index (χ1) is 14.9. The lowest BCUT2D eigenvalue weighted by Gasteiger charge is -2.16. The molecule has 3 aromatic carbocycles.